The van der Waals surface area contributed by atoms with Gasteiger partial charge in [-0.15, -0.1) is 5.10 Å². The maximum absolute atomic E-state index is 6.15. The molecule has 2 N–H and O–H groups in total. The molecule has 0 aliphatic heterocycles. The maximum atomic E-state index is 6.15. The lowest BCUT2D eigenvalue weighted by Gasteiger charge is -2.07. The summed E-state index contributed by atoms with van der Waals surface area (Å²) in [6.45, 7) is 5.01. The van der Waals surface area contributed by atoms with Crippen LogP contribution in [0.4, 0.5) is 11.7 Å². The second-order valence-corrected chi connectivity index (χ2v) is 6.02. The van der Waals surface area contributed by atoms with Gasteiger partial charge in [-0.25, -0.2) is 0 Å². The molecule has 0 amide bonds. The van der Waals surface area contributed by atoms with Gasteiger partial charge in [0.2, 0.25) is 5.89 Å². The summed E-state index contributed by atoms with van der Waals surface area (Å²) in [6.07, 6.45) is 1.06. The number of halogens is 2. The Labute approximate surface area is 136 Å². The van der Waals surface area contributed by atoms with E-state index >= 15 is 0 Å². The van der Waals surface area contributed by atoms with Gasteiger partial charge in [0, 0.05) is 3.57 Å². The van der Waals surface area contributed by atoms with Crippen molar-refractivity contribution in [3.8, 4) is 0 Å². The summed E-state index contributed by atoms with van der Waals surface area (Å²) in [5, 5.41) is 14.9. The zero-order valence-electron chi connectivity index (χ0n) is 11.3. The molecule has 0 aliphatic rings. The molecular weight excluding hydrogens is 391 g/mol. The van der Waals surface area contributed by atoms with Gasteiger partial charge in [-0.1, -0.05) is 23.6 Å². The Morgan fingerprint density at radius 2 is 2.20 bits per heavy atom. The van der Waals surface area contributed by atoms with E-state index in [2.05, 4.69) is 50.3 Å². The fourth-order valence-electron chi connectivity index (χ4n) is 1.61. The van der Waals surface area contributed by atoms with Crippen molar-refractivity contribution < 1.29 is 4.42 Å². The molecule has 1 heterocycles. The Balaban J connectivity index is 2.05. The Hall–Kier alpha value is -0.860. The van der Waals surface area contributed by atoms with E-state index in [0.29, 0.717) is 16.9 Å². The molecule has 1 unspecified atom stereocenters. The average molecular weight is 407 g/mol. The van der Waals surface area contributed by atoms with Crippen LogP contribution in [0, 0.1) is 3.57 Å². The first kappa shape index (κ1) is 15.5. The topological polar surface area (TPSA) is 63.0 Å². The zero-order valence-corrected chi connectivity index (χ0v) is 14.2. The summed E-state index contributed by atoms with van der Waals surface area (Å²) in [6, 6.07) is 6.08. The number of hydrogen-bond acceptors (Lipinski definition) is 5. The molecule has 1 atom stereocenters. The van der Waals surface area contributed by atoms with Crippen molar-refractivity contribution in [3.05, 3.63) is 32.7 Å². The van der Waals surface area contributed by atoms with Crippen LogP contribution < -0.4 is 10.6 Å². The summed E-state index contributed by atoms with van der Waals surface area (Å²) in [7, 11) is 0. The third-order valence-electron chi connectivity index (χ3n) is 2.68. The SMILES string of the molecule is CCCNC(C)c1nnc(Nc2ccc(I)cc2Cl)o1. The van der Waals surface area contributed by atoms with Crippen LogP contribution in [0.2, 0.25) is 5.02 Å². The number of nitrogens with zero attached hydrogens (tertiary/aromatic N) is 2. The van der Waals surface area contributed by atoms with E-state index in [0.717, 1.165) is 22.2 Å². The summed E-state index contributed by atoms with van der Waals surface area (Å²) in [5.74, 6) is 0.558. The normalized spacial score (nSPS) is 12.4. The van der Waals surface area contributed by atoms with Crippen molar-refractivity contribution >= 4 is 45.9 Å². The van der Waals surface area contributed by atoms with Crippen LogP contribution in [0.1, 0.15) is 32.2 Å². The predicted octanol–water partition coefficient (Wildman–Crippen LogP) is 4.13. The molecule has 7 heteroatoms. The number of rotatable bonds is 6. The number of nitrogens with one attached hydrogen (secondary N) is 2. The lowest BCUT2D eigenvalue weighted by Crippen LogP contribution is -2.19. The molecule has 0 saturated heterocycles. The first-order valence-corrected chi connectivity index (χ1v) is 7.84. The molecule has 0 fully saturated rings. The molecule has 0 radical (unpaired) electrons. The Kier molecular flexibility index (Phi) is 5.62. The second-order valence-electron chi connectivity index (χ2n) is 4.37. The highest BCUT2D eigenvalue weighted by molar-refractivity contribution is 14.1. The quantitative estimate of drug-likeness (QED) is 0.706. The van der Waals surface area contributed by atoms with Crippen molar-refractivity contribution in [3.63, 3.8) is 0 Å². The van der Waals surface area contributed by atoms with Crippen molar-refractivity contribution in [2.24, 2.45) is 0 Å². The van der Waals surface area contributed by atoms with Crippen molar-refractivity contribution in [2.75, 3.05) is 11.9 Å². The van der Waals surface area contributed by atoms with Crippen LogP contribution in [0.15, 0.2) is 22.6 Å². The van der Waals surface area contributed by atoms with Gasteiger partial charge in [-0.3, -0.25) is 0 Å². The number of anilines is 2. The fourth-order valence-corrected chi connectivity index (χ4v) is 2.52. The minimum absolute atomic E-state index is 0.0326. The van der Waals surface area contributed by atoms with Crippen LogP contribution in [-0.2, 0) is 0 Å². The Morgan fingerprint density at radius 1 is 1.40 bits per heavy atom. The second kappa shape index (κ2) is 7.24. The fraction of sp³-hybridized carbons (Fsp3) is 0.385. The lowest BCUT2D eigenvalue weighted by atomic mass is 10.3. The Morgan fingerprint density at radius 3 is 2.90 bits per heavy atom. The van der Waals surface area contributed by atoms with Gasteiger partial charge in [0.05, 0.1) is 16.8 Å². The van der Waals surface area contributed by atoms with Gasteiger partial charge in [0.15, 0.2) is 0 Å². The van der Waals surface area contributed by atoms with Gasteiger partial charge < -0.3 is 15.1 Å². The van der Waals surface area contributed by atoms with Crippen LogP contribution in [0.3, 0.4) is 0 Å². The summed E-state index contributed by atoms with van der Waals surface area (Å²) < 4.78 is 6.65. The van der Waals surface area contributed by atoms with Crippen LogP contribution in [0.25, 0.3) is 0 Å². The Bertz CT molecular complexity index is 575. The van der Waals surface area contributed by atoms with Crippen LogP contribution >= 0.6 is 34.2 Å². The minimum Gasteiger partial charge on any atom is -0.406 e. The molecule has 1 aromatic heterocycles. The van der Waals surface area contributed by atoms with Gasteiger partial charge >= 0.3 is 6.01 Å². The molecular formula is C13H16ClIN4O. The van der Waals surface area contributed by atoms with E-state index in [1.165, 1.54) is 0 Å². The molecule has 2 rings (SSSR count). The first-order chi connectivity index (χ1) is 9.60. The van der Waals surface area contributed by atoms with E-state index in [9.17, 15) is 0 Å². The summed E-state index contributed by atoms with van der Waals surface area (Å²) >= 11 is 8.35. The molecule has 20 heavy (non-hydrogen) atoms. The molecule has 0 saturated carbocycles. The van der Waals surface area contributed by atoms with Crippen LogP contribution in [0.5, 0.6) is 0 Å². The summed E-state index contributed by atoms with van der Waals surface area (Å²) in [5.41, 5.74) is 0.747. The third-order valence-corrected chi connectivity index (χ3v) is 3.67. The van der Waals surface area contributed by atoms with Crippen molar-refractivity contribution in [1.82, 2.24) is 15.5 Å². The highest BCUT2D eigenvalue weighted by Gasteiger charge is 2.13. The zero-order chi connectivity index (χ0) is 14.5. The van der Waals surface area contributed by atoms with Crippen molar-refractivity contribution in [1.29, 1.82) is 0 Å². The molecule has 1 aromatic carbocycles. The standard InChI is InChI=1S/C13H16ClIN4O/c1-3-6-16-8(2)12-18-19-13(20-12)17-11-5-4-9(15)7-10(11)14/h4-5,7-8,16H,3,6H2,1-2H3,(H,17,19). The maximum Gasteiger partial charge on any atom is 0.320 e. The van der Waals surface area contributed by atoms with E-state index in [1.54, 1.807) is 0 Å². The van der Waals surface area contributed by atoms with E-state index in [4.69, 9.17) is 16.0 Å². The largest absolute Gasteiger partial charge is 0.406 e. The van der Waals surface area contributed by atoms with Gasteiger partial charge in [0.1, 0.15) is 0 Å². The van der Waals surface area contributed by atoms with Crippen LogP contribution in [-0.4, -0.2) is 16.7 Å². The van der Waals surface area contributed by atoms with Gasteiger partial charge in [0.25, 0.3) is 0 Å². The van der Waals surface area contributed by atoms with Crippen molar-refractivity contribution in [2.45, 2.75) is 26.3 Å². The highest BCUT2D eigenvalue weighted by atomic mass is 127. The third kappa shape index (κ3) is 4.07. The molecule has 5 nitrogen and oxygen atoms in total. The monoisotopic (exact) mass is 406 g/mol. The predicted molar refractivity (Wildman–Crippen MR) is 88.5 cm³/mol. The molecule has 0 spiro atoms. The molecule has 108 valence electrons. The van der Waals surface area contributed by atoms with Gasteiger partial charge in [-0.2, -0.15) is 0 Å². The number of hydrogen-bond donors (Lipinski definition) is 2. The smallest absolute Gasteiger partial charge is 0.320 e. The van der Waals surface area contributed by atoms with E-state index in [-0.39, 0.29) is 6.04 Å². The number of aromatic nitrogens is 2. The van der Waals surface area contributed by atoms with E-state index in [1.807, 2.05) is 25.1 Å². The average Bonchev–Trinajstić information content (AvgIpc) is 2.88. The number of benzene rings is 1. The highest BCUT2D eigenvalue weighted by Crippen LogP contribution is 2.27. The summed E-state index contributed by atoms with van der Waals surface area (Å²) in [4.78, 5) is 0. The first-order valence-electron chi connectivity index (χ1n) is 6.39. The van der Waals surface area contributed by atoms with Gasteiger partial charge in [-0.05, 0) is 60.7 Å². The molecule has 0 bridgehead atoms. The molecule has 0 aliphatic carbocycles. The molecule has 2 aromatic rings. The minimum atomic E-state index is 0.0326. The lowest BCUT2D eigenvalue weighted by molar-refractivity contribution is 0.424. The van der Waals surface area contributed by atoms with E-state index < -0.39 is 0 Å².